The third-order valence-corrected chi connectivity index (χ3v) is 4.67. The highest BCUT2D eigenvalue weighted by Crippen LogP contribution is 2.50. The molecular weight excluding hydrogens is 256 g/mol. The van der Waals surface area contributed by atoms with Crippen molar-refractivity contribution in [1.29, 1.82) is 0 Å². The van der Waals surface area contributed by atoms with Crippen molar-refractivity contribution in [2.45, 2.75) is 31.6 Å². The number of carboxylic acids is 1. The van der Waals surface area contributed by atoms with Gasteiger partial charge in [0.1, 0.15) is 11.2 Å². The molecule has 4 heteroatoms. The maximum Gasteiger partial charge on any atom is 0.314 e. The predicted octanol–water partition coefficient (Wildman–Crippen LogP) is 3.99. The fourth-order valence-corrected chi connectivity index (χ4v) is 3.42. The third-order valence-electron chi connectivity index (χ3n) is 4.67. The summed E-state index contributed by atoms with van der Waals surface area (Å²) in [5.74, 6) is -0.771. The quantitative estimate of drug-likeness (QED) is 0.764. The summed E-state index contributed by atoms with van der Waals surface area (Å²) in [6.07, 6.45) is 5.48. The molecule has 1 N–H and O–H groups in total. The molecule has 102 valence electrons. The van der Waals surface area contributed by atoms with Gasteiger partial charge < -0.3 is 13.9 Å². The van der Waals surface area contributed by atoms with Gasteiger partial charge in [0.25, 0.3) is 0 Å². The zero-order valence-electron chi connectivity index (χ0n) is 11.1. The Bertz CT molecular complexity index is 781. The lowest BCUT2D eigenvalue weighted by Crippen LogP contribution is -2.42. The molecule has 4 rings (SSSR count). The molecule has 0 saturated heterocycles. The van der Waals surface area contributed by atoms with E-state index in [1.807, 2.05) is 19.1 Å². The normalized spacial score (nSPS) is 17.4. The fraction of sp³-hybridized carbons (Fsp3) is 0.312. The molecule has 0 atom stereocenters. The van der Waals surface area contributed by atoms with Crippen LogP contribution in [0.25, 0.3) is 21.9 Å². The Kier molecular flexibility index (Phi) is 2.12. The van der Waals surface area contributed by atoms with Crippen molar-refractivity contribution in [2.75, 3.05) is 0 Å². The number of furan rings is 2. The van der Waals surface area contributed by atoms with Crippen LogP contribution in [0.1, 0.15) is 30.4 Å². The molecule has 0 amide bonds. The van der Waals surface area contributed by atoms with E-state index in [9.17, 15) is 9.90 Å². The van der Waals surface area contributed by atoms with E-state index in [1.54, 1.807) is 12.5 Å². The Morgan fingerprint density at radius 3 is 2.40 bits per heavy atom. The van der Waals surface area contributed by atoms with E-state index in [1.165, 1.54) is 0 Å². The minimum absolute atomic E-state index is 0.654. The fourth-order valence-electron chi connectivity index (χ4n) is 3.42. The minimum Gasteiger partial charge on any atom is -0.481 e. The monoisotopic (exact) mass is 270 g/mol. The molecule has 1 fully saturated rings. The van der Waals surface area contributed by atoms with E-state index in [4.69, 9.17) is 8.83 Å². The molecule has 2 aromatic heterocycles. The lowest BCUT2D eigenvalue weighted by atomic mass is 9.63. The summed E-state index contributed by atoms with van der Waals surface area (Å²) in [7, 11) is 0. The van der Waals surface area contributed by atoms with Crippen molar-refractivity contribution >= 4 is 27.9 Å². The SMILES string of the molecule is Cc1c2ccoc2c(C2(C(=O)O)CCC2)c2ccoc12. The largest absolute Gasteiger partial charge is 0.481 e. The number of aliphatic carboxylic acids is 1. The molecule has 4 nitrogen and oxygen atoms in total. The van der Waals surface area contributed by atoms with Crippen LogP contribution in [0.5, 0.6) is 0 Å². The minimum atomic E-state index is -0.827. The van der Waals surface area contributed by atoms with Gasteiger partial charge in [-0.25, -0.2) is 0 Å². The van der Waals surface area contributed by atoms with Crippen LogP contribution in [0.15, 0.2) is 33.5 Å². The predicted molar refractivity (Wildman–Crippen MR) is 73.9 cm³/mol. The molecule has 1 saturated carbocycles. The molecule has 1 aromatic carbocycles. The van der Waals surface area contributed by atoms with Crippen molar-refractivity contribution < 1.29 is 18.7 Å². The van der Waals surface area contributed by atoms with Crippen LogP contribution in [0.3, 0.4) is 0 Å². The number of hydrogen-bond donors (Lipinski definition) is 1. The van der Waals surface area contributed by atoms with Crippen molar-refractivity contribution in [3.05, 3.63) is 35.8 Å². The molecule has 1 aliphatic rings. The summed E-state index contributed by atoms with van der Waals surface area (Å²) in [5, 5.41) is 11.5. The van der Waals surface area contributed by atoms with E-state index >= 15 is 0 Å². The molecule has 0 unspecified atom stereocenters. The second-order valence-electron chi connectivity index (χ2n) is 5.57. The third kappa shape index (κ3) is 1.19. The van der Waals surface area contributed by atoms with Gasteiger partial charge in [0.15, 0.2) is 0 Å². The Morgan fingerprint density at radius 1 is 1.15 bits per heavy atom. The summed E-state index contributed by atoms with van der Waals surface area (Å²) in [5.41, 5.74) is 2.41. The first-order valence-electron chi connectivity index (χ1n) is 6.76. The van der Waals surface area contributed by atoms with E-state index in [0.29, 0.717) is 18.4 Å². The topological polar surface area (TPSA) is 63.6 Å². The van der Waals surface area contributed by atoms with E-state index < -0.39 is 11.4 Å². The zero-order chi connectivity index (χ0) is 13.9. The van der Waals surface area contributed by atoms with Crippen molar-refractivity contribution in [1.82, 2.24) is 0 Å². The average Bonchev–Trinajstić information content (AvgIpc) is 3.00. The van der Waals surface area contributed by atoms with Gasteiger partial charge in [-0.3, -0.25) is 4.79 Å². The lowest BCUT2D eigenvalue weighted by molar-refractivity contribution is -0.147. The van der Waals surface area contributed by atoms with Gasteiger partial charge in [0.05, 0.1) is 17.9 Å². The van der Waals surface area contributed by atoms with Crippen LogP contribution in [-0.2, 0) is 10.2 Å². The summed E-state index contributed by atoms with van der Waals surface area (Å²) >= 11 is 0. The first-order chi connectivity index (χ1) is 9.65. The number of aryl methyl sites for hydroxylation is 1. The van der Waals surface area contributed by atoms with Gasteiger partial charge in [0, 0.05) is 21.9 Å². The van der Waals surface area contributed by atoms with Crippen LogP contribution >= 0.6 is 0 Å². The first-order valence-corrected chi connectivity index (χ1v) is 6.76. The van der Waals surface area contributed by atoms with Gasteiger partial charge in [-0.05, 0) is 31.9 Å². The first kappa shape index (κ1) is 11.6. The molecule has 1 aliphatic carbocycles. The van der Waals surface area contributed by atoms with Crippen molar-refractivity contribution in [3.8, 4) is 0 Å². The Hall–Kier alpha value is -2.23. The van der Waals surface area contributed by atoms with Gasteiger partial charge in [-0.2, -0.15) is 0 Å². The number of fused-ring (bicyclic) bond motifs is 2. The van der Waals surface area contributed by atoms with Crippen molar-refractivity contribution in [2.24, 2.45) is 0 Å². The number of hydrogen-bond acceptors (Lipinski definition) is 3. The maximum absolute atomic E-state index is 11.8. The summed E-state index contributed by atoms with van der Waals surface area (Å²) in [4.78, 5) is 11.8. The molecule has 0 radical (unpaired) electrons. The number of carbonyl (C=O) groups is 1. The molecule has 0 spiro atoms. The highest BCUT2D eigenvalue weighted by Gasteiger charge is 2.49. The van der Waals surface area contributed by atoms with Crippen LogP contribution in [0, 0.1) is 6.92 Å². The van der Waals surface area contributed by atoms with Crippen LogP contribution < -0.4 is 0 Å². The number of benzene rings is 1. The van der Waals surface area contributed by atoms with E-state index in [2.05, 4.69) is 0 Å². The van der Waals surface area contributed by atoms with Crippen LogP contribution in [-0.4, -0.2) is 11.1 Å². The van der Waals surface area contributed by atoms with Gasteiger partial charge in [-0.15, -0.1) is 0 Å². The van der Waals surface area contributed by atoms with E-state index in [0.717, 1.165) is 33.9 Å². The van der Waals surface area contributed by atoms with Crippen LogP contribution in [0.2, 0.25) is 0 Å². The molecule has 20 heavy (non-hydrogen) atoms. The van der Waals surface area contributed by atoms with Crippen molar-refractivity contribution in [3.63, 3.8) is 0 Å². The maximum atomic E-state index is 11.8. The Balaban J connectivity index is 2.20. The van der Waals surface area contributed by atoms with Gasteiger partial charge in [-0.1, -0.05) is 6.42 Å². The molecule has 3 aromatic rings. The number of carboxylic acid groups (broad SMARTS) is 1. The summed E-state index contributed by atoms with van der Waals surface area (Å²) in [6, 6.07) is 3.73. The Labute approximate surface area is 115 Å². The standard InChI is InChI=1S/C16H14O4/c1-9-10-3-7-20-14(10)12(11-4-8-19-13(9)11)16(15(17)18)5-2-6-16/h3-4,7-8H,2,5-6H2,1H3,(H,17,18). The average molecular weight is 270 g/mol. The highest BCUT2D eigenvalue weighted by atomic mass is 16.4. The molecule has 0 bridgehead atoms. The summed E-state index contributed by atoms with van der Waals surface area (Å²) in [6.45, 7) is 1.97. The van der Waals surface area contributed by atoms with Gasteiger partial charge in [0.2, 0.25) is 0 Å². The van der Waals surface area contributed by atoms with Gasteiger partial charge >= 0.3 is 5.97 Å². The zero-order valence-corrected chi connectivity index (χ0v) is 11.1. The van der Waals surface area contributed by atoms with Crippen LogP contribution in [0.4, 0.5) is 0 Å². The molecular formula is C16H14O4. The number of rotatable bonds is 2. The summed E-state index contributed by atoms with van der Waals surface area (Å²) < 4.78 is 11.2. The van der Waals surface area contributed by atoms with E-state index in [-0.39, 0.29) is 0 Å². The Morgan fingerprint density at radius 2 is 1.80 bits per heavy atom. The second-order valence-corrected chi connectivity index (χ2v) is 5.57. The second kappa shape index (κ2) is 3.66. The molecule has 0 aliphatic heterocycles. The smallest absolute Gasteiger partial charge is 0.314 e. The molecule has 2 heterocycles. The highest BCUT2D eigenvalue weighted by molar-refractivity contribution is 6.05. The lowest BCUT2D eigenvalue weighted by Gasteiger charge is -2.38.